The van der Waals surface area contributed by atoms with E-state index in [1.165, 1.54) is 0 Å². The molecule has 1 saturated carbocycles. The van der Waals surface area contributed by atoms with E-state index in [1.807, 2.05) is 42.5 Å². The molecule has 2 aromatic rings. The summed E-state index contributed by atoms with van der Waals surface area (Å²) in [6.07, 6.45) is 1.84. The van der Waals surface area contributed by atoms with Crippen molar-refractivity contribution in [1.29, 1.82) is 0 Å². The Balaban J connectivity index is 1.38. The minimum Gasteiger partial charge on any atom is -0.350 e. The fraction of sp³-hybridized carbons (Fsp3) is 0.286. The summed E-state index contributed by atoms with van der Waals surface area (Å²) in [4.78, 5) is 39.2. The molecule has 0 radical (unpaired) electrons. The molecule has 0 aromatic heterocycles. The van der Waals surface area contributed by atoms with Gasteiger partial charge in [0.05, 0.1) is 6.54 Å². The minimum absolute atomic E-state index is 0.0956. The number of nitrogens with one attached hydrogen (secondary N) is 2. The monoisotopic (exact) mass is 363 g/mol. The predicted molar refractivity (Wildman–Crippen MR) is 99.7 cm³/mol. The molecule has 1 fully saturated rings. The molecule has 0 spiro atoms. The zero-order chi connectivity index (χ0) is 18.8. The van der Waals surface area contributed by atoms with Crippen molar-refractivity contribution in [2.45, 2.75) is 31.5 Å². The van der Waals surface area contributed by atoms with E-state index in [2.05, 4.69) is 10.6 Å². The van der Waals surface area contributed by atoms with Gasteiger partial charge in [-0.05, 0) is 30.0 Å². The van der Waals surface area contributed by atoms with Crippen LogP contribution in [-0.2, 0) is 16.1 Å². The Hall–Kier alpha value is -3.15. The van der Waals surface area contributed by atoms with Crippen LogP contribution >= 0.6 is 0 Å². The number of amides is 3. The Bertz CT molecular complexity index is 877. The van der Waals surface area contributed by atoms with Crippen molar-refractivity contribution in [2.24, 2.45) is 0 Å². The molecule has 1 heterocycles. The fourth-order valence-corrected chi connectivity index (χ4v) is 3.46. The first-order valence-corrected chi connectivity index (χ1v) is 9.15. The molecule has 2 aliphatic rings. The summed E-state index contributed by atoms with van der Waals surface area (Å²) in [6, 6.07) is 16.3. The normalized spacial score (nSPS) is 18.1. The van der Waals surface area contributed by atoms with Gasteiger partial charge in [-0.25, -0.2) is 0 Å². The highest BCUT2D eigenvalue weighted by molar-refractivity contribution is 6.05. The van der Waals surface area contributed by atoms with Gasteiger partial charge in [0.2, 0.25) is 11.8 Å². The molecule has 6 nitrogen and oxygen atoms in total. The van der Waals surface area contributed by atoms with E-state index in [9.17, 15) is 14.4 Å². The van der Waals surface area contributed by atoms with Crippen molar-refractivity contribution in [2.75, 3.05) is 6.54 Å². The lowest BCUT2D eigenvalue weighted by Gasteiger charge is -2.24. The number of nitrogens with zero attached hydrogens (tertiary/aromatic N) is 1. The van der Waals surface area contributed by atoms with Gasteiger partial charge in [0.1, 0.15) is 6.04 Å². The van der Waals surface area contributed by atoms with Crippen molar-refractivity contribution >= 4 is 17.7 Å². The molecule has 1 aliphatic heterocycles. The number of rotatable bonds is 6. The van der Waals surface area contributed by atoms with E-state index in [1.54, 1.807) is 17.0 Å². The second kappa shape index (κ2) is 7.23. The standard InChI is InChI=1S/C21H21N3O3/c25-18(22-12-14-6-2-1-3-7-14)13-23-20(26)19-16-8-4-5-9-17(16)21(27)24(19)15-10-11-15/h1-9,15,19H,10-13H2,(H,22,25)(H,23,26). The number of carbonyl (C=O) groups excluding carboxylic acids is 3. The molecule has 138 valence electrons. The first kappa shape index (κ1) is 17.3. The van der Waals surface area contributed by atoms with Crippen LogP contribution in [0.5, 0.6) is 0 Å². The van der Waals surface area contributed by atoms with E-state index in [0.717, 1.165) is 24.0 Å². The van der Waals surface area contributed by atoms with E-state index in [0.29, 0.717) is 12.1 Å². The van der Waals surface area contributed by atoms with Gasteiger partial charge in [-0.15, -0.1) is 0 Å². The quantitative estimate of drug-likeness (QED) is 0.821. The van der Waals surface area contributed by atoms with E-state index in [-0.39, 0.29) is 30.3 Å². The van der Waals surface area contributed by atoms with Gasteiger partial charge in [-0.1, -0.05) is 48.5 Å². The zero-order valence-electron chi connectivity index (χ0n) is 14.9. The third-order valence-corrected chi connectivity index (χ3v) is 4.94. The molecule has 6 heteroatoms. The largest absolute Gasteiger partial charge is 0.350 e. The lowest BCUT2D eigenvalue weighted by Crippen LogP contribution is -2.43. The van der Waals surface area contributed by atoms with Gasteiger partial charge in [0, 0.05) is 18.2 Å². The van der Waals surface area contributed by atoms with E-state index >= 15 is 0 Å². The van der Waals surface area contributed by atoms with Crippen LogP contribution in [0.3, 0.4) is 0 Å². The van der Waals surface area contributed by atoms with Gasteiger partial charge >= 0.3 is 0 Å². The average Bonchev–Trinajstić information content (AvgIpc) is 3.49. The summed E-state index contributed by atoms with van der Waals surface area (Å²) in [5.74, 6) is -0.667. The zero-order valence-corrected chi connectivity index (χ0v) is 14.9. The molecule has 1 unspecified atom stereocenters. The smallest absolute Gasteiger partial charge is 0.255 e. The van der Waals surface area contributed by atoms with Crippen LogP contribution < -0.4 is 10.6 Å². The lowest BCUT2D eigenvalue weighted by atomic mass is 10.0. The Morgan fingerprint density at radius 3 is 2.41 bits per heavy atom. The fourth-order valence-electron chi connectivity index (χ4n) is 3.46. The Labute approximate surface area is 157 Å². The number of benzene rings is 2. The molecule has 3 amide bonds. The maximum Gasteiger partial charge on any atom is 0.255 e. The average molecular weight is 363 g/mol. The number of fused-ring (bicyclic) bond motifs is 1. The van der Waals surface area contributed by atoms with Gasteiger partial charge in [0.15, 0.2) is 0 Å². The summed E-state index contributed by atoms with van der Waals surface area (Å²) in [5.41, 5.74) is 2.29. The van der Waals surface area contributed by atoms with Crippen LogP contribution in [-0.4, -0.2) is 35.2 Å². The number of hydrogen-bond donors (Lipinski definition) is 2. The topological polar surface area (TPSA) is 78.5 Å². The molecular formula is C21H21N3O3. The van der Waals surface area contributed by atoms with E-state index < -0.39 is 6.04 Å². The summed E-state index contributed by atoms with van der Waals surface area (Å²) < 4.78 is 0. The van der Waals surface area contributed by atoms with Crippen molar-refractivity contribution in [3.8, 4) is 0 Å². The highest BCUT2D eigenvalue weighted by Gasteiger charge is 2.47. The van der Waals surface area contributed by atoms with Crippen LogP contribution in [0.15, 0.2) is 54.6 Å². The number of carbonyl (C=O) groups is 3. The van der Waals surface area contributed by atoms with Gasteiger partial charge in [-0.3, -0.25) is 14.4 Å². The molecule has 2 aromatic carbocycles. The van der Waals surface area contributed by atoms with Crippen LogP contribution in [0.25, 0.3) is 0 Å². The van der Waals surface area contributed by atoms with Crippen molar-refractivity contribution in [3.63, 3.8) is 0 Å². The molecule has 1 aliphatic carbocycles. The van der Waals surface area contributed by atoms with Gasteiger partial charge in [-0.2, -0.15) is 0 Å². The Morgan fingerprint density at radius 1 is 0.963 bits per heavy atom. The van der Waals surface area contributed by atoms with Crippen LogP contribution in [0.1, 0.15) is 40.4 Å². The summed E-state index contributed by atoms with van der Waals surface area (Å²) in [7, 11) is 0. The second-order valence-electron chi connectivity index (χ2n) is 6.91. The summed E-state index contributed by atoms with van der Waals surface area (Å²) in [5, 5.41) is 5.47. The molecular weight excluding hydrogens is 342 g/mol. The molecule has 4 rings (SSSR count). The summed E-state index contributed by atoms with van der Waals surface area (Å²) in [6.45, 7) is 0.297. The molecule has 0 bridgehead atoms. The Morgan fingerprint density at radius 2 is 1.67 bits per heavy atom. The molecule has 0 saturated heterocycles. The van der Waals surface area contributed by atoms with Crippen molar-refractivity contribution in [3.05, 3.63) is 71.3 Å². The van der Waals surface area contributed by atoms with Crippen molar-refractivity contribution < 1.29 is 14.4 Å². The van der Waals surface area contributed by atoms with Crippen LogP contribution in [0.2, 0.25) is 0 Å². The maximum absolute atomic E-state index is 12.8. The minimum atomic E-state index is -0.650. The highest BCUT2D eigenvalue weighted by Crippen LogP contribution is 2.41. The molecule has 1 atom stereocenters. The first-order valence-electron chi connectivity index (χ1n) is 9.15. The van der Waals surface area contributed by atoms with Gasteiger partial charge in [0.25, 0.3) is 5.91 Å². The maximum atomic E-state index is 12.8. The van der Waals surface area contributed by atoms with Crippen LogP contribution in [0.4, 0.5) is 0 Å². The van der Waals surface area contributed by atoms with Crippen LogP contribution in [0, 0.1) is 0 Å². The Kier molecular flexibility index (Phi) is 4.62. The SMILES string of the molecule is O=C(CNC(=O)C1c2ccccc2C(=O)N1C1CC1)NCc1ccccc1. The molecule has 2 N–H and O–H groups in total. The van der Waals surface area contributed by atoms with E-state index in [4.69, 9.17) is 0 Å². The van der Waals surface area contributed by atoms with Gasteiger partial charge < -0.3 is 15.5 Å². The predicted octanol–water partition coefficient (Wildman–Crippen LogP) is 1.78. The third kappa shape index (κ3) is 3.56. The van der Waals surface area contributed by atoms with Crippen molar-refractivity contribution in [1.82, 2.24) is 15.5 Å². The second-order valence-corrected chi connectivity index (χ2v) is 6.91. The summed E-state index contributed by atoms with van der Waals surface area (Å²) >= 11 is 0. The highest BCUT2D eigenvalue weighted by atomic mass is 16.2. The lowest BCUT2D eigenvalue weighted by molar-refractivity contribution is -0.129. The molecule has 27 heavy (non-hydrogen) atoms. The first-order chi connectivity index (χ1) is 13.1. The number of hydrogen-bond acceptors (Lipinski definition) is 3. The third-order valence-electron chi connectivity index (χ3n) is 4.94.